The molecule has 0 atom stereocenters. The Labute approximate surface area is 159 Å². The quantitative estimate of drug-likeness (QED) is 0.514. The maximum atomic E-state index is 12.0. The fourth-order valence-corrected chi connectivity index (χ4v) is 2.37. The molecule has 0 aliphatic heterocycles. The molecule has 0 saturated carbocycles. The number of aryl methyl sites for hydroxylation is 1. The zero-order valence-corrected chi connectivity index (χ0v) is 15.8. The molecule has 138 valence electrons. The SMILES string of the molecule is CCNC(=NCc1ccccc1Cl)NCCC(=O)Nc1ccc(C)cn1. The Hall–Kier alpha value is -2.60. The molecular weight excluding hydrogens is 350 g/mol. The minimum Gasteiger partial charge on any atom is -0.357 e. The van der Waals surface area contributed by atoms with Crippen LogP contribution in [-0.2, 0) is 11.3 Å². The molecule has 26 heavy (non-hydrogen) atoms. The summed E-state index contributed by atoms with van der Waals surface area (Å²) >= 11 is 6.15. The molecule has 0 bridgehead atoms. The Kier molecular flexibility index (Phi) is 7.89. The van der Waals surface area contributed by atoms with Gasteiger partial charge in [0.25, 0.3) is 0 Å². The number of anilines is 1. The van der Waals surface area contributed by atoms with Crippen molar-refractivity contribution in [3.05, 3.63) is 58.7 Å². The lowest BCUT2D eigenvalue weighted by atomic mass is 10.2. The van der Waals surface area contributed by atoms with Crippen LogP contribution in [0.4, 0.5) is 5.82 Å². The van der Waals surface area contributed by atoms with E-state index in [1.807, 2.05) is 44.2 Å². The van der Waals surface area contributed by atoms with Crippen molar-refractivity contribution in [2.24, 2.45) is 4.99 Å². The third kappa shape index (κ3) is 6.72. The number of halogens is 1. The summed E-state index contributed by atoms with van der Waals surface area (Å²) in [4.78, 5) is 20.7. The molecule has 0 fully saturated rings. The van der Waals surface area contributed by atoms with E-state index in [-0.39, 0.29) is 5.91 Å². The number of rotatable bonds is 7. The lowest BCUT2D eigenvalue weighted by Crippen LogP contribution is -2.38. The van der Waals surface area contributed by atoms with Crippen LogP contribution < -0.4 is 16.0 Å². The highest BCUT2D eigenvalue weighted by Crippen LogP contribution is 2.15. The second-order valence-electron chi connectivity index (χ2n) is 5.73. The van der Waals surface area contributed by atoms with E-state index < -0.39 is 0 Å². The largest absolute Gasteiger partial charge is 0.357 e. The van der Waals surface area contributed by atoms with Crippen molar-refractivity contribution in [2.75, 3.05) is 18.4 Å². The molecule has 0 aliphatic rings. The normalized spacial score (nSPS) is 11.1. The van der Waals surface area contributed by atoms with Gasteiger partial charge in [-0.2, -0.15) is 0 Å². The highest BCUT2D eigenvalue weighted by Gasteiger charge is 2.05. The van der Waals surface area contributed by atoms with Gasteiger partial charge in [0.15, 0.2) is 5.96 Å². The maximum Gasteiger partial charge on any atom is 0.227 e. The standard InChI is InChI=1S/C19H24ClN5O/c1-3-21-19(24-13-15-6-4-5-7-16(15)20)22-11-10-18(26)25-17-9-8-14(2)12-23-17/h4-9,12H,3,10-11,13H2,1-2H3,(H2,21,22,24)(H,23,25,26). The van der Waals surface area contributed by atoms with Crippen LogP contribution in [0.1, 0.15) is 24.5 Å². The van der Waals surface area contributed by atoms with Gasteiger partial charge < -0.3 is 16.0 Å². The van der Waals surface area contributed by atoms with Gasteiger partial charge in [0.2, 0.25) is 5.91 Å². The predicted molar refractivity (Wildman–Crippen MR) is 106 cm³/mol. The number of nitrogens with one attached hydrogen (secondary N) is 3. The number of amides is 1. The third-order valence-electron chi connectivity index (χ3n) is 3.53. The van der Waals surface area contributed by atoms with Gasteiger partial charge in [0.1, 0.15) is 5.82 Å². The number of benzene rings is 1. The highest BCUT2D eigenvalue weighted by atomic mass is 35.5. The van der Waals surface area contributed by atoms with E-state index in [4.69, 9.17) is 11.6 Å². The summed E-state index contributed by atoms with van der Waals surface area (Å²) in [5.74, 6) is 1.10. The fraction of sp³-hybridized carbons (Fsp3) is 0.316. The number of pyridine rings is 1. The van der Waals surface area contributed by atoms with Crippen LogP contribution in [0, 0.1) is 6.92 Å². The summed E-state index contributed by atoms with van der Waals surface area (Å²) in [6, 6.07) is 11.3. The first-order valence-electron chi connectivity index (χ1n) is 8.56. The average molecular weight is 374 g/mol. The van der Waals surface area contributed by atoms with E-state index in [0.717, 1.165) is 17.7 Å². The molecule has 1 amide bonds. The van der Waals surface area contributed by atoms with Crippen LogP contribution in [0.2, 0.25) is 5.02 Å². The summed E-state index contributed by atoms with van der Waals surface area (Å²) in [6.07, 6.45) is 2.03. The van der Waals surface area contributed by atoms with Gasteiger partial charge in [0.05, 0.1) is 6.54 Å². The lowest BCUT2D eigenvalue weighted by Gasteiger charge is -2.11. The number of aromatic nitrogens is 1. The van der Waals surface area contributed by atoms with Crippen molar-refractivity contribution < 1.29 is 4.79 Å². The molecule has 0 spiro atoms. The van der Waals surface area contributed by atoms with Crippen LogP contribution in [0.15, 0.2) is 47.6 Å². The Balaban J connectivity index is 1.82. The second-order valence-corrected chi connectivity index (χ2v) is 6.14. The zero-order chi connectivity index (χ0) is 18.8. The Morgan fingerprint density at radius 3 is 2.69 bits per heavy atom. The molecular formula is C19H24ClN5O. The summed E-state index contributed by atoms with van der Waals surface area (Å²) < 4.78 is 0. The Bertz CT molecular complexity index is 746. The van der Waals surface area contributed by atoms with E-state index in [2.05, 4.69) is 25.9 Å². The maximum absolute atomic E-state index is 12.0. The number of carbonyl (C=O) groups excluding carboxylic acids is 1. The van der Waals surface area contributed by atoms with Crippen molar-refractivity contribution in [3.8, 4) is 0 Å². The molecule has 1 aromatic carbocycles. The van der Waals surface area contributed by atoms with Crippen LogP contribution in [0.3, 0.4) is 0 Å². The number of nitrogens with zero attached hydrogens (tertiary/aromatic N) is 2. The summed E-state index contributed by atoms with van der Waals surface area (Å²) in [6.45, 7) is 5.60. The van der Waals surface area contributed by atoms with E-state index >= 15 is 0 Å². The lowest BCUT2D eigenvalue weighted by molar-refractivity contribution is -0.116. The monoisotopic (exact) mass is 373 g/mol. The summed E-state index contributed by atoms with van der Waals surface area (Å²) in [5, 5.41) is 9.77. The van der Waals surface area contributed by atoms with Gasteiger partial charge >= 0.3 is 0 Å². The molecule has 6 nitrogen and oxygen atoms in total. The first-order chi connectivity index (χ1) is 12.6. The average Bonchev–Trinajstić information content (AvgIpc) is 2.63. The number of carbonyl (C=O) groups is 1. The molecule has 0 aliphatic carbocycles. The smallest absolute Gasteiger partial charge is 0.227 e. The molecule has 2 rings (SSSR count). The second kappa shape index (κ2) is 10.4. The van der Waals surface area contributed by atoms with E-state index in [1.54, 1.807) is 12.3 Å². The van der Waals surface area contributed by atoms with Gasteiger partial charge in [-0.15, -0.1) is 0 Å². The van der Waals surface area contributed by atoms with E-state index in [9.17, 15) is 4.79 Å². The van der Waals surface area contributed by atoms with Crippen LogP contribution >= 0.6 is 11.6 Å². The first-order valence-corrected chi connectivity index (χ1v) is 8.94. The van der Waals surface area contributed by atoms with E-state index in [0.29, 0.717) is 36.3 Å². The molecule has 0 saturated heterocycles. The van der Waals surface area contributed by atoms with Crippen molar-refractivity contribution in [1.29, 1.82) is 0 Å². The van der Waals surface area contributed by atoms with Crippen LogP contribution in [0.5, 0.6) is 0 Å². The van der Waals surface area contributed by atoms with Crippen molar-refractivity contribution in [3.63, 3.8) is 0 Å². The molecule has 0 radical (unpaired) electrons. The topological polar surface area (TPSA) is 78.4 Å². The molecule has 2 aromatic rings. The number of hydrogen-bond acceptors (Lipinski definition) is 3. The summed E-state index contributed by atoms with van der Waals surface area (Å²) in [7, 11) is 0. The van der Waals surface area contributed by atoms with Crippen molar-refractivity contribution >= 4 is 29.3 Å². The minimum atomic E-state index is -0.101. The minimum absolute atomic E-state index is 0.101. The van der Waals surface area contributed by atoms with Gasteiger partial charge in [-0.1, -0.05) is 35.9 Å². The highest BCUT2D eigenvalue weighted by molar-refractivity contribution is 6.31. The fourth-order valence-electron chi connectivity index (χ4n) is 2.17. The van der Waals surface area contributed by atoms with Gasteiger partial charge in [-0.25, -0.2) is 9.98 Å². The van der Waals surface area contributed by atoms with Crippen LogP contribution in [-0.4, -0.2) is 29.9 Å². The number of hydrogen-bond donors (Lipinski definition) is 3. The van der Waals surface area contributed by atoms with E-state index in [1.165, 1.54) is 0 Å². The van der Waals surface area contributed by atoms with Gasteiger partial charge in [-0.3, -0.25) is 4.79 Å². The Morgan fingerprint density at radius 2 is 2.00 bits per heavy atom. The number of aliphatic imine (C=N–C) groups is 1. The van der Waals surface area contributed by atoms with Gasteiger partial charge in [0, 0.05) is 30.7 Å². The Morgan fingerprint density at radius 1 is 1.19 bits per heavy atom. The molecule has 1 aromatic heterocycles. The third-order valence-corrected chi connectivity index (χ3v) is 3.90. The van der Waals surface area contributed by atoms with Crippen molar-refractivity contribution in [2.45, 2.75) is 26.8 Å². The molecule has 7 heteroatoms. The molecule has 3 N–H and O–H groups in total. The zero-order valence-electron chi connectivity index (χ0n) is 15.1. The molecule has 1 heterocycles. The predicted octanol–water partition coefficient (Wildman–Crippen LogP) is 3.13. The summed E-state index contributed by atoms with van der Waals surface area (Å²) in [5.41, 5.74) is 2.00. The number of guanidine groups is 1. The van der Waals surface area contributed by atoms with Crippen molar-refractivity contribution in [1.82, 2.24) is 15.6 Å². The van der Waals surface area contributed by atoms with Crippen LogP contribution in [0.25, 0.3) is 0 Å². The van der Waals surface area contributed by atoms with Gasteiger partial charge in [-0.05, 0) is 37.1 Å². The first kappa shape index (κ1) is 19.7. The molecule has 0 unspecified atom stereocenters.